The Labute approximate surface area is 105 Å². The van der Waals surface area contributed by atoms with E-state index in [2.05, 4.69) is 11.8 Å². The van der Waals surface area contributed by atoms with Crippen LogP contribution in [0.1, 0.15) is 51.9 Å². The number of carbonyl (C=O) groups excluding carboxylic acids is 1. The lowest BCUT2D eigenvalue weighted by atomic mass is 10.0. The Morgan fingerprint density at radius 1 is 1.24 bits per heavy atom. The monoisotopic (exact) mass is 239 g/mol. The summed E-state index contributed by atoms with van der Waals surface area (Å²) in [4.78, 5) is 14.3. The first-order valence-corrected chi connectivity index (χ1v) is 7.21. The third-order valence-electron chi connectivity index (χ3n) is 3.95. The van der Waals surface area contributed by atoms with Crippen molar-refractivity contribution in [2.45, 2.75) is 58.0 Å². The maximum atomic E-state index is 12.3. The standard InChI is InChI=1S/C14H25NO2/c1-2-10-17-13-8-5-9-15(11-13)14(16)12-6-3-4-7-12/h12-13H,2-11H2,1H3. The molecule has 2 rings (SSSR count). The largest absolute Gasteiger partial charge is 0.376 e. The van der Waals surface area contributed by atoms with Crippen LogP contribution in [0.4, 0.5) is 0 Å². The second kappa shape index (κ2) is 6.39. The molecule has 0 aromatic heterocycles. The smallest absolute Gasteiger partial charge is 0.225 e. The van der Waals surface area contributed by atoms with Crippen LogP contribution in [0.5, 0.6) is 0 Å². The number of hydrogen-bond acceptors (Lipinski definition) is 2. The van der Waals surface area contributed by atoms with Gasteiger partial charge in [-0.05, 0) is 32.1 Å². The molecule has 1 atom stereocenters. The number of piperidine rings is 1. The lowest BCUT2D eigenvalue weighted by Gasteiger charge is -2.34. The van der Waals surface area contributed by atoms with E-state index >= 15 is 0 Å². The first kappa shape index (κ1) is 12.9. The van der Waals surface area contributed by atoms with Crippen molar-refractivity contribution in [1.29, 1.82) is 0 Å². The van der Waals surface area contributed by atoms with E-state index in [0.717, 1.165) is 51.8 Å². The molecular weight excluding hydrogens is 214 g/mol. The van der Waals surface area contributed by atoms with Crippen molar-refractivity contribution >= 4 is 5.91 Å². The fourth-order valence-electron chi connectivity index (χ4n) is 2.99. The number of carbonyl (C=O) groups is 1. The summed E-state index contributed by atoms with van der Waals surface area (Å²) in [5, 5.41) is 0. The van der Waals surface area contributed by atoms with E-state index in [-0.39, 0.29) is 6.10 Å². The van der Waals surface area contributed by atoms with Gasteiger partial charge in [0.2, 0.25) is 5.91 Å². The second-order valence-electron chi connectivity index (χ2n) is 5.40. The molecule has 2 fully saturated rings. The third kappa shape index (κ3) is 3.44. The minimum atomic E-state index is 0.286. The first-order chi connectivity index (χ1) is 8.31. The number of rotatable bonds is 4. The van der Waals surface area contributed by atoms with Gasteiger partial charge in [0.1, 0.15) is 0 Å². The summed E-state index contributed by atoms with van der Waals surface area (Å²) in [5.41, 5.74) is 0. The molecule has 3 nitrogen and oxygen atoms in total. The molecule has 0 bridgehead atoms. The van der Waals surface area contributed by atoms with Gasteiger partial charge in [-0.25, -0.2) is 0 Å². The quantitative estimate of drug-likeness (QED) is 0.754. The summed E-state index contributed by atoms with van der Waals surface area (Å²) < 4.78 is 5.78. The molecule has 1 unspecified atom stereocenters. The van der Waals surface area contributed by atoms with Gasteiger partial charge in [-0.2, -0.15) is 0 Å². The molecule has 0 aromatic rings. The maximum absolute atomic E-state index is 12.3. The predicted octanol–water partition coefficient (Wildman–Crippen LogP) is 2.59. The molecule has 0 radical (unpaired) electrons. The van der Waals surface area contributed by atoms with Crippen molar-refractivity contribution in [2.24, 2.45) is 5.92 Å². The Kier molecular flexibility index (Phi) is 4.84. The number of nitrogens with zero attached hydrogens (tertiary/aromatic N) is 1. The Hall–Kier alpha value is -0.570. The lowest BCUT2D eigenvalue weighted by molar-refractivity contribution is -0.139. The van der Waals surface area contributed by atoms with Gasteiger partial charge in [0.25, 0.3) is 0 Å². The van der Waals surface area contributed by atoms with E-state index in [1.807, 2.05) is 0 Å². The van der Waals surface area contributed by atoms with Crippen LogP contribution in [0.2, 0.25) is 0 Å². The molecule has 0 spiro atoms. The fraction of sp³-hybridized carbons (Fsp3) is 0.929. The third-order valence-corrected chi connectivity index (χ3v) is 3.95. The number of likely N-dealkylation sites (tertiary alicyclic amines) is 1. The fourth-order valence-corrected chi connectivity index (χ4v) is 2.99. The molecule has 0 N–H and O–H groups in total. The SMILES string of the molecule is CCCOC1CCCN(C(=O)C2CCCC2)C1. The van der Waals surface area contributed by atoms with Crippen LogP contribution in [0, 0.1) is 5.92 Å². The Balaban J connectivity index is 1.81. The topological polar surface area (TPSA) is 29.5 Å². The van der Waals surface area contributed by atoms with E-state index < -0.39 is 0 Å². The summed E-state index contributed by atoms with van der Waals surface area (Å²) in [6.45, 7) is 4.73. The summed E-state index contributed by atoms with van der Waals surface area (Å²) >= 11 is 0. The van der Waals surface area contributed by atoms with Crippen LogP contribution in [0.3, 0.4) is 0 Å². The zero-order chi connectivity index (χ0) is 12.1. The highest BCUT2D eigenvalue weighted by Crippen LogP contribution is 2.27. The van der Waals surface area contributed by atoms with Crippen molar-refractivity contribution in [2.75, 3.05) is 19.7 Å². The molecule has 1 amide bonds. The highest BCUT2D eigenvalue weighted by atomic mass is 16.5. The average molecular weight is 239 g/mol. The minimum Gasteiger partial charge on any atom is -0.376 e. The maximum Gasteiger partial charge on any atom is 0.225 e. The molecule has 1 saturated carbocycles. The number of hydrogen-bond donors (Lipinski definition) is 0. The van der Waals surface area contributed by atoms with Gasteiger partial charge in [0, 0.05) is 25.6 Å². The average Bonchev–Trinajstić information content (AvgIpc) is 2.89. The molecule has 1 aliphatic heterocycles. The van der Waals surface area contributed by atoms with E-state index in [1.165, 1.54) is 12.8 Å². The Bertz CT molecular complexity index is 249. The zero-order valence-electron chi connectivity index (χ0n) is 11.0. The van der Waals surface area contributed by atoms with Crippen molar-refractivity contribution < 1.29 is 9.53 Å². The predicted molar refractivity (Wildman–Crippen MR) is 67.8 cm³/mol. The highest BCUT2D eigenvalue weighted by molar-refractivity contribution is 5.79. The van der Waals surface area contributed by atoms with Crippen molar-refractivity contribution in [1.82, 2.24) is 4.90 Å². The van der Waals surface area contributed by atoms with Gasteiger partial charge in [-0.15, -0.1) is 0 Å². The van der Waals surface area contributed by atoms with Crippen molar-refractivity contribution in [3.8, 4) is 0 Å². The Morgan fingerprint density at radius 2 is 2.00 bits per heavy atom. The van der Waals surface area contributed by atoms with Crippen LogP contribution in [-0.2, 0) is 9.53 Å². The van der Waals surface area contributed by atoms with Crippen LogP contribution in [0.15, 0.2) is 0 Å². The van der Waals surface area contributed by atoms with Gasteiger partial charge in [-0.3, -0.25) is 4.79 Å². The van der Waals surface area contributed by atoms with Crippen molar-refractivity contribution in [3.63, 3.8) is 0 Å². The zero-order valence-corrected chi connectivity index (χ0v) is 11.0. The summed E-state index contributed by atoms with van der Waals surface area (Å²) in [7, 11) is 0. The molecular formula is C14H25NO2. The first-order valence-electron chi connectivity index (χ1n) is 7.21. The van der Waals surface area contributed by atoms with E-state index in [4.69, 9.17) is 4.74 Å². The molecule has 1 aliphatic carbocycles. The molecule has 2 aliphatic rings. The normalized spacial score (nSPS) is 26.4. The lowest BCUT2D eigenvalue weighted by Crippen LogP contribution is -2.45. The molecule has 3 heteroatoms. The molecule has 98 valence electrons. The van der Waals surface area contributed by atoms with Gasteiger partial charge in [0.15, 0.2) is 0 Å². The molecule has 0 aromatic carbocycles. The van der Waals surface area contributed by atoms with Gasteiger partial charge >= 0.3 is 0 Å². The minimum absolute atomic E-state index is 0.286. The van der Waals surface area contributed by atoms with E-state index in [1.54, 1.807) is 0 Å². The Morgan fingerprint density at radius 3 is 2.71 bits per heavy atom. The van der Waals surface area contributed by atoms with Crippen LogP contribution >= 0.6 is 0 Å². The van der Waals surface area contributed by atoms with Crippen LogP contribution < -0.4 is 0 Å². The van der Waals surface area contributed by atoms with Crippen LogP contribution in [0.25, 0.3) is 0 Å². The number of ether oxygens (including phenoxy) is 1. The molecule has 1 heterocycles. The van der Waals surface area contributed by atoms with Crippen LogP contribution in [-0.4, -0.2) is 36.6 Å². The number of amides is 1. The molecule has 1 saturated heterocycles. The highest BCUT2D eigenvalue weighted by Gasteiger charge is 2.30. The van der Waals surface area contributed by atoms with Gasteiger partial charge < -0.3 is 9.64 Å². The van der Waals surface area contributed by atoms with E-state index in [9.17, 15) is 4.79 Å². The summed E-state index contributed by atoms with van der Waals surface area (Å²) in [5.74, 6) is 0.715. The van der Waals surface area contributed by atoms with Gasteiger partial charge in [0.05, 0.1) is 6.10 Å². The summed E-state index contributed by atoms with van der Waals surface area (Å²) in [6.07, 6.45) is 8.26. The van der Waals surface area contributed by atoms with Gasteiger partial charge in [-0.1, -0.05) is 19.8 Å². The molecule has 17 heavy (non-hydrogen) atoms. The summed E-state index contributed by atoms with van der Waals surface area (Å²) in [6, 6.07) is 0. The van der Waals surface area contributed by atoms with Crippen molar-refractivity contribution in [3.05, 3.63) is 0 Å². The van der Waals surface area contributed by atoms with E-state index in [0.29, 0.717) is 11.8 Å². The second-order valence-corrected chi connectivity index (χ2v) is 5.40.